The number of nitrogens with zero attached hydrogens (tertiary/aromatic N) is 3. The Morgan fingerprint density at radius 3 is 3.00 bits per heavy atom. The fourth-order valence-electron chi connectivity index (χ4n) is 1.61. The zero-order valence-electron chi connectivity index (χ0n) is 10.2. The second-order valence-corrected chi connectivity index (χ2v) is 4.01. The van der Waals surface area contributed by atoms with Crippen LogP contribution in [0.4, 0.5) is 10.1 Å². The van der Waals surface area contributed by atoms with Gasteiger partial charge in [0.15, 0.2) is 0 Å². The van der Waals surface area contributed by atoms with E-state index in [1.165, 1.54) is 12.1 Å². The normalized spacial score (nSPS) is 10.4. The number of nitrogens with one attached hydrogen (secondary N) is 1. The van der Waals surface area contributed by atoms with Gasteiger partial charge in [-0.15, -0.1) is 5.10 Å². The summed E-state index contributed by atoms with van der Waals surface area (Å²) in [7, 11) is 0. The summed E-state index contributed by atoms with van der Waals surface area (Å²) in [6, 6.07) is 4.00. The number of hydrogen-bond donors (Lipinski definition) is 2. The summed E-state index contributed by atoms with van der Waals surface area (Å²) >= 11 is 0. The van der Waals surface area contributed by atoms with Gasteiger partial charge in [0.25, 0.3) is 5.91 Å². The zero-order valence-corrected chi connectivity index (χ0v) is 10.2. The number of hydrogen-bond acceptors (Lipinski definition) is 4. The van der Waals surface area contributed by atoms with Crippen molar-refractivity contribution in [2.45, 2.75) is 13.0 Å². The van der Waals surface area contributed by atoms with E-state index in [9.17, 15) is 9.18 Å². The lowest BCUT2D eigenvalue weighted by Crippen LogP contribution is -2.26. The van der Waals surface area contributed by atoms with E-state index in [0.717, 1.165) is 6.07 Å². The number of nitrogen functional groups attached to an aromatic ring is 1. The average molecular weight is 263 g/mol. The van der Waals surface area contributed by atoms with Crippen molar-refractivity contribution in [1.82, 2.24) is 20.3 Å². The first-order valence-electron chi connectivity index (χ1n) is 5.84. The largest absolute Gasteiger partial charge is 0.399 e. The Morgan fingerprint density at radius 2 is 2.32 bits per heavy atom. The molecule has 0 unspecified atom stereocenters. The quantitative estimate of drug-likeness (QED) is 0.617. The summed E-state index contributed by atoms with van der Waals surface area (Å²) in [6.45, 7) is 1.08. The molecule has 0 aliphatic carbocycles. The van der Waals surface area contributed by atoms with Gasteiger partial charge < -0.3 is 11.1 Å². The molecule has 0 radical (unpaired) electrons. The number of carbonyl (C=O) groups excluding carboxylic acids is 1. The van der Waals surface area contributed by atoms with Gasteiger partial charge in [-0.3, -0.25) is 9.48 Å². The molecule has 0 saturated heterocycles. The smallest absolute Gasteiger partial charge is 0.254 e. The van der Waals surface area contributed by atoms with Crippen LogP contribution >= 0.6 is 0 Å². The van der Waals surface area contributed by atoms with E-state index in [1.54, 1.807) is 17.1 Å². The minimum atomic E-state index is -0.617. The first-order valence-corrected chi connectivity index (χ1v) is 5.84. The number of carbonyl (C=O) groups is 1. The third-order valence-corrected chi connectivity index (χ3v) is 2.56. The van der Waals surface area contributed by atoms with E-state index in [2.05, 4.69) is 15.6 Å². The standard InChI is InChI=1S/C12H14FN5O/c13-11-8-9(14)2-3-10(11)12(19)15-4-1-6-18-7-5-16-17-18/h2-3,5,7-8H,1,4,6,14H2,(H,15,19). The molecule has 0 atom stereocenters. The zero-order chi connectivity index (χ0) is 13.7. The van der Waals surface area contributed by atoms with Gasteiger partial charge in [-0.1, -0.05) is 5.21 Å². The first-order chi connectivity index (χ1) is 9.16. The lowest BCUT2D eigenvalue weighted by Gasteiger charge is -2.06. The number of aromatic nitrogens is 3. The van der Waals surface area contributed by atoms with Gasteiger partial charge >= 0.3 is 0 Å². The van der Waals surface area contributed by atoms with Gasteiger partial charge in [-0.05, 0) is 24.6 Å². The molecule has 0 fully saturated rings. The molecule has 0 saturated carbocycles. The Labute approximate surface area is 109 Å². The van der Waals surface area contributed by atoms with Crippen LogP contribution in [0.5, 0.6) is 0 Å². The minimum absolute atomic E-state index is 0.00467. The topological polar surface area (TPSA) is 85.8 Å². The number of amides is 1. The van der Waals surface area contributed by atoms with E-state index in [-0.39, 0.29) is 5.56 Å². The van der Waals surface area contributed by atoms with Crippen LogP contribution < -0.4 is 11.1 Å². The number of nitrogens with two attached hydrogens (primary N) is 1. The fourth-order valence-corrected chi connectivity index (χ4v) is 1.61. The fraction of sp³-hybridized carbons (Fsp3) is 0.250. The van der Waals surface area contributed by atoms with E-state index in [1.807, 2.05) is 0 Å². The van der Waals surface area contributed by atoms with E-state index >= 15 is 0 Å². The summed E-state index contributed by atoms with van der Waals surface area (Å²) in [6.07, 6.45) is 4.01. The van der Waals surface area contributed by atoms with Crippen LogP contribution in [-0.4, -0.2) is 27.4 Å². The van der Waals surface area contributed by atoms with Crippen molar-refractivity contribution in [1.29, 1.82) is 0 Å². The van der Waals surface area contributed by atoms with Crippen molar-refractivity contribution >= 4 is 11.6 Å². The molecule has 100 valence electrons. The molecule has 6 nitrogen and oxygen atoms in total. The highest BCUT2D eigenvalue weighted by Crippen LogP contribution is 2.11. The summed E-state index contributed by atoms with van der Waals surface area (Å²) in [4.78, 5) is 11.7. The predicted molar refractivity (Wildman–Crippen MR) is 67.8 cm³/mol. The van der Waals surface area contributed by atoms with Crippen LogP contribution in [0.25, 0.3) is 0 Å². The molecule has 0 bridgehead atoms. The number of benzene rings is 1. The summed E-state index contributed by atoms with van der Waals surface area (Å²) in [5.41, 5.74) is 5.70. The Balaban J connectivity index is 1.81. The van der Waals surface area contributed by atoms with Crippen molar-refractivity contribution in [2.75, 3.05) is 12.3 Å². The first kappa shape index (κ1) is 13.0. The molecule has 1 amide bonds. The highest BCUT2D eigenvalue weighted by Gasteiger charge is 2.10. The molecule has 1 aromatic heterocycles. The van der Waals surface area contributed by atoms with Crippen LogP contribution in [0.1, 0.15) is 16.8 Å². The van der Waals surface area contributed by atoms with Gasteiger partial charge in [-0.2, -0.15) is 0 Å². The molecule has 0 spiro atoms. The monoisotopic (exact) mass is 263 g/mol. The van der Waals surface area contributed by atoms with E-state index in [0.29, 0.717) is 25.2 Å². The van der Waals surface area contributed by atoms with Crippen molar-refractivity contribution in [3.05, 3.63) is 42.0 Å². The predicted octanol–water partition coefficient (Wildman–Crippen LogP) is 0.819. The molecule has 2 aromatic rings. The maximum absolute atomic E-state index is 13.5. The van der Waals surface area contributed by atoms with Crippen molar-refractivity contribution in [2.24, 2.45) is 0 Å². The summed E-state index contributed by atoms with van der Waals surface area (Å²) in [5, 5.41) is 10.1. The number of anilines is 1. The highest BCUT2D eigenvalue weighted by atomic mass is 19.1. The molecule has 3 N–H and O–H groups in total. The third kappa shape index (κ3) is 3.51. The van der Waals surface area contributed by atoms with E-state index in [4.69, 9.17) is 5.73 Å². The van der Waals surface area contributed by atoms with E-state index < -0.39 is 11.7 Å². The summed E-state index contributed by atoms with van der Waals surface area (Å²) in [5.74, 6) is -1.06. The van der Waals surface area contributed by atoms with Gasteiger partial charge in [0.2, 0.25) is 0 Å². The number of aryl methyl sites for hydroxylation is 1. The van der Waals surface area contributed by atoms with Gasteiger partial charge in [-0.25, -0.2) is 4.39 Å². The van der Waals surface area contributed by atoms with Crippen LogP contribution in [0, 0.1) is 5.82 Å². The summed E-state index contributed by atoms with van der Waals surface area (Å²) < 4.78 is 15.1. The van der Waals surface area contributed by atoms with Crippen molar-refractivity contribution < 1.29 is 9.18 Å². The molecule has 19 heavy (non-hydrogen) atoms. The second kappa shape index (κ2) is 5.94. The van der Waals surface area contributed by atoms with Crippen LogP contribution in [0.3, 0.4) is 0 Å². The minimum Gasteiger partial charge on any atom is -0.399 e. The molecule has 2 rings (SSSR count). The van der Waals surface area contributed by atoms with Crippen LogP contribution in [0.15, 0.2) is 30.6 Å². The van der Waals surface area contributed by atoms with Gasteiger partial charge in [0.05, 0.1) is 11.8 Å². The number of rotatable bonds is 5. The number of halogens is 1. The van der Waals surface area contributed by atoms with Gasteiger partial charge in [0, 0.05) is 25.0 Å². The lowest BCUT2D eigenvalue weighted by molar-refractivity contribution is 0.0948. The Hall–Kier alpha value is -2.44. The maximum atomic E-state index is 13.5. The Kier molecular flexibility index (Phi) is 4.07. The van der Waals surface area contributed by atoms with Gasteiger partial charge in [0.1, 0.15) is 5.82 Å². The average Bonchev–Trinajstić information content (AvgIpc) is 2.87. The second-order valence-electron chi connectivity index (χ2n) is 4.01. The molecule has 1 aromatic carbocycles. The van der Waals surface area contributed by atoms with Crippen molar-refractivity contribution in [3.8, 4) is 0 Å². The molecule has 0 aliphatic heterocycles. The molecular weight excluding hydrogens is 249 g/mol. The lowest BCUT2D eigenvalue weighted by atomic mass is 10.2. The van der Waals surface area contributed by atoms with Crippen LogP contribution in [0.2, 0.25) is 0 Å². The Morgan fingerprint density at radius 1 is 1.47 bits per heavy atom. The molecule has 7 heteroatoms. The Bertz CT molecular complexity index is 555. The molecule has 0 aliphatic rings. The third-order valence-electron chi connectivity index (χ3n) is 2.56. The highest BCUT2D eigenvalue weighted by molar-refractivity contribution is 5.94. The SMILES string of the molecule is Nc1ccc(C(=O)NCCCn2ccnn2)c(F)c1. The van der Waals surface area contributed by atoms with Crippen LogP contribution in [-0.2, 0) is 6.54 Å². The maximum Gasteiger partial charge on any atom is 0.254 e. The van der Waals surface area contributed by atoms with Crippen molar-refractivity contribution in [3.63, 3.8) is 0 Å². The molecular formula is C12H14FN5O. The molecule has 1 heterocycles.